The predicted octanol–water partition coefficient (Wildman–Crippen LogP) is 0.883. The summed E-state index contributed by atoms with van der Waals surface area (Å²) in [7, 11) is -3.34. The number of nitriles is 1. The van der Waals surface area contributed by atoms with Crippen molar-refractivity contribution in [2.45, 2.75) is 39.2 Å². The Bertz CT molecular complexity index is 504. The molecule has 21 heavy (non-hydrogen) atoms. The highest BCUT2D eigenvalue weighted by Gasteiger charge is 2.37. The number of hydrogen-bond acceptors (Lipinski definition) is 4. The molecule has 2 aliphatic heterocycles. The number of piperazine rings is 1. The molecule has 0 spiro atoms. The first-order valence-electron chi connectivity index (χ1n) is 7.69. The minimum atomic E-state index is -3.34. The van der Waals surface area contributed by atoms with E-state index in [9.17, 15) is 13.7 Å². The van der Waals surface area contributed by atoms with Gasteiger partial charge in [0, 0.05) is 39.3 Å². The minimum absolute atomic E-state index is 0.437. The maximum absolute atomic E-state index is 12.7. The molecule has 2 fully saturated rings. The van der Waals surface area contributed by atoms with Crippen LogP contribution in [0.4, 0.5) is 0 Å². The van der Waals surface area contributed by atoms with Crippen molar-refractivity contribution in [1.82, 2.24) is 13.5 Å². The monoisotopic (exact) mass is 314 g/mol. The highest BCUT2D eigenvalue weighted by Crippen LogP contribution is 2.23. The molecule has 0 bridgehead atoms. The maximum Gasteiger partial charge on any atom is 0.282 e. The molecule has 0 amide bonds. The Labute approximate surface area is 128 Å². The third-order valence-electron chi connectivity index (χ3n) is 4.58. The van der Waals surface area contributed by atoms with Crippen molar-refractivity contribution in [2.75, 3.05) is 39.3 Å². The zero-order chi connectivity index (χ0) is 15.7. The predicted molar refractivity (Wildman–Crippen MR) is 81.7 cm³/mol. The SMILES string of the molecule is CC1CCCN(S(=O)(=O)N2CCN(C(C)(C)C#N)CC2)C1. The largest absolute Gasteiger partial charge is 0.283 e. The van der Waals surface area contributed by atoms with Gasteiger partial charge in [-0.25, -0.2) is 0 Å². The van der Waals surface area contributed by atoms with Gasteiger partial charge in [-0.2, -0.15) is 22.3 Å². The van der Waals surface area contributed by atoms with Gasteiger partial charge in [0.05, 0.1) is 6.07 Å². The topological polar surface area (TPSA) is 67.7 Å². The van der Waals surface area contributed by atoms with Crippen LogP contribution in [0.2, 0.25) is 0 Å². The molecule has 2 saturated heterocycles. The number of nitrogens with zero attached hydrogens (tertiary/aromatic N) is 4. The summed E-state index contributed by atoms with van der Waals surface area (Å²) >= 11 is 0. The highest BCUT2D eigenvalue weighted by molar-refractivity contribution is 7.86. The van der Waals surface area contributed by atoms with Gasteiger partial charge in [0.1, 0.15) is 5.54 Å². The molecular formula is C14H26N4O2S. The minimum Gasteiger partial charge on any atom is -0.283 e. The smallest absolute Gasteiger partial charge is 0.282 e. The second-order valence-corrected chi connectivity index (χ2v) is 8.60. The Kier molecular flexibility index (Phi) is 4.93. The maximum atomic E-state index is 12.7. The van der Waals surface area contributed by atoms with Gasteiger partial charge >= 0.3 is 0 Å². The zero-order valence-corrected chi connectivity index (χ0v) is 14.1. The molecule has 0 aromatic heterocycles. The normalized spacial score (nSPS) is 27.4. The van der Waals surface area contributed by atoms with Crippen molar-refractivity contribution < 1.29 is 8.42 Å². The first-order chi connectivity index (χ1) is 9.77. The van der Waals surface area contributed by atoms with Crippen molar-refractivity contribution in [2.24, 2.45) is 5.92 Å². The summed E-state index contributed by atoms with van der Waals surface area (Å²) < 4.78 is 28.6. The average molecular weight is 314 g/mol. The van der Waals surface area contributed by atoms with Crippen LogP contribution in [0.5, 0.6) is 0 Å². The lowest BCUT2D eigenvalue weighted by Crippen LogP contribution is -2.58. The van der Waals surface area contributed by atoms with Crippen LogP contribution < -0.4 is 0 Å². The van der Waals surface area contributed by atoms with Crippen molar-refractivity contribution >= 4 is 10.2 Å². The third kappa shape index (κ3) is 3.57. The second kappa shape index (κ2) is 6.21. The quantitative estimate of drug-likeness (QED) is 0.775. The zero-order valence-electron chi connectivity index (χ0n) is 13.2. The van der Waals surface area contributed by atoms with E-state index in [0.29, 0.717) is 45.2 Å². The lowest BCUT2D eigenvalue weighted by atomic mass is 10.0. The molecule has 1 unspecified atom stereocenters. The van der Waals surface area contributed by atoms with Gasteiger partial charge in [-0.15, -0.1) is 0 Å². The van der Waals surface area contributed by atoms with Crippen LogP contribution in [0.25, 0.3) is 0 Å². The standard InChI is InChI=1S/C14H26N4O2S/c1-13-5-4-6-18(11-13)21(19,20)17-9-7-16(8-10-17)14(2,3)12-15/h13H,4-11H2,1-3H3. The lowest BCUT2D eigenvalue weighted by molar-refractivity contribution is 0.111. The molecule has 2 heterocycles. The van der Waals surface area contributed by atoms with E-state index >= 15 is 0 Å². The van der Waals surface area contributed by atoms with Crippen LogP contribution in [0.1, 0.15) is 33.6 Å². The Balaban J connectivity index is 2.00. The number of piperidine rings is 1. The van der Waals surface area contributed by atoms with Crippen LogP contribution in [0.15, 0.2) is 0 Å². The summed E-state index contributed by atoms with van der Waals surface area (Å²) in [6, 6.07) is 2.28. The summed E-state index contributed by atoms with van der Waals surface area (Å²) in [5, 5.41) is 9.17. The van der Waals surface area contributed by atoms with Gasteiger partial charge in [-0.1, -0.05) is 6.92 Å². The summed E-state index contributed by atoms with van der Waals surface area (Å²) in [6.45, 7) is 9.30. The van der Waals surface area contributed by atoms with Crippen molar-refractivity contribution in [3.8, 4) is 6.07 Å². The molecule has 2 rings (SSSR count). The summed E-state index contributed by atoms with van der Waals surface area (Å²) in [5.41, 5.74) is -0.532. The number of rotatable bonds is 3. The Morgan fingerprint density at radius 3 is 2.24 bits per heavy atom. The molecule has 7 heteroatoms. The van der Waals surface area contributed by atoms with Gasteiger partial charge in [0.15, 0.2) is 0 Å². The summed E-state index contributed by atoms with van der Waals surface area (Å²) in [4.78, 5) is 2.05. The number of hydrogen-bond donors (Lipinski definition) is 0. The van der Waals surface area contributed by atoms with Crippen molar-refractivity contribution in [1.29, 1.82) is 5.26 Å². The van der Waals surface area contributed by atoms with Gasteiger partial charge in [-0.3, -0.25) is 4.90 Å². The fourth-order valence-corrected chi connectivity index (χ4v) is 4.82. The van der Waals surface area contributed by atoms with E-state index in [1.807, 2.05) is 13.8 Å². The van der Waals surface area contributed by atoms with Crippen LogP contribution in [0, 0.1) is 17.2 Å². The highest BCUT2D eigenvalue weighted by atomic mass is 32.2. The first-order valence-corrected chi connectivity index (χ1v) is 9.08. The lowest BCUT2D eigenvalue weighted by Gasteiger charge is -2.42. The first kappa shape index (κ1) is 16.7. The van der Waals surface area contributed by atoms with E-state index < -0.39 is 15.7 Å². The second-order valence-electron chi connectivity index (χ2n) is 6.67. The van der Waals surface area contributed by atoms with Gasteiger partial charge < -0.3 is 0 Å². The summed E-state index contributed by atoms with van der Waals surface area (Å²) in [5.74, 6) is 0.437. The molecule has 0 aromatic rings. The molecule has 1 atom stereocenters. The molecular weight excluding hydrogens is 288 g/mol. The molecule has 0 aliphatic carbocycles. The van der Waals surface area contributed by atoms with Gasteiger partial charge in [0.25, 0.3) is 10.2 Å². The van der Waals surface area contributed by atoms with Gasteiger partial charge in [0.2, 0.25) is 0 Å². The molecule has 2 aliphatic rings. The molecule has 6 nitrogen and oxygen atoms in total. The van der Waals surface area contributed by atoms with Crippen LogP contribution in [0.3, 0.4) is 0 Å². The Morgan fingerprint density at radius 2 is 1.71 bits per heavy atom. The van der Waals surface area contributed by atoms with Crippen LogP contribution in [-0.2, 0) is 10.2 Å². The molecule has 120 valence electrons. The van der Waals surface area contributed by atoms with E-state index in [1.165, 1.54) is 0 Å². The van der Waals surface area contributed by atoms with E-state index in [0.717, 1.165) is 12.8 Å². The Morgan fingerprint density at radius 1 is 1.10 bits per heavy atom. The fraction of sp³-hybridized carbons (Fsp3) is 0.929. The average Bonchev–Trinajstić information content (AvgIpc) is 2.47. The summed E-state index contributed by atoms with van der Waals surface area (Å²) in [6.07, 6.45) is 2.05. The van der Waals surface area contributed by atoms with Crippen LogP contribution >= 0.6 is 0 Å². The van der Waals surface area contributed by atoms with E-state index in [-0.39, 0.29) is 0 Å². The molecule has 0 aromatic carbocycles. The van der Waals surface area contributed by atoms with Gasteiger partial charge in [-0.05, 0) is 32.6 Å². The molecule has 0 saturated carbocycles. The third-order valence-corrected chi connectivity index (χ3v) is 6.58. The van der Waals surface area contributed by atoms with Crippen LogP contribution in [-0.4, -0.2) is 66.7 Å². The van der Waals surface area contributed by atoms with Crippen molar-refractivity contribution in [3.05, 3.63) is 0 Å². The Hall–Kier alpha value is -0.680. The van der Waals surface area contributed by atoms with E-state index in [1.54, 1.807) is 8.61 Å². The fourth-order valence-electron chi connectivity index (χ4n) is 3.07. The van der Waals surface area contributed by atoms with E-state index in [2.05, 4.69) is 17.9 Å². The molecule has 0 N–H and O–H groups in total. The van der Waals surface area contributed by atoms with E-state index in [4.69, 9.17) is 0 Å². The van der Waals surface area contributed by atoms with Crippen molar-refractivity contribution in [3.63, 3.8) is 0 Å². The molecule has 0 radical (unpaired) electrons.